The summed E-state index contributed by atoms with van der Waals surface area (Å²) in [6, 6.07) is 36.3. The van der Waals surface area contributed by atoms with Crippen molar-refractivity contribution in [3.8, 4) is 67.5 Å². The van der Waals surface area contributed by atoms with Crippen LogP contribution >= 0.6 is 0 Å². The van der Waals surface area contributed by atoms with Crippen LogP contribution < -0.4 is 0 Å². The minimum Gasteiger partial charge on any atom is -0.256 e. The lowest BCUT2D eigenvalue weighted by atomic mass is 9.95. The smallest absolute Gasteiger partial charge is 0.0886 e. The predicted octanol–water partition coefficient (Wildman–Crippen LogP) is 8.06. The highest BCUT2D eigenvalue weighted by Gasteiger charge is 2.11. The van der Waals surface area contributed by atoms with E-state index in [4.69, 9.17) is 15.0 Å². The largest absolute Gasteiger partial charge is 0.256 e. The maximum atomic E-state index is 4.81. The molecule has 0 bridgehead atoms. The molecule has 0 unspecified atom stereocenters. The Hall–Kier alpha value is -5.88. The second-order valence-electron chi connectivity index (χ2n) is 9.74. The van der Waals surface area contributed by atoms with Crippen LogP contribution in [0.2, 0.25) is 0 Å². The lowest BCUT2D eigenvalue weighted by Gasteiger charge is -2.12. The SMILES string of the molecule is c1ccc(-c2ccc(-c3cc(-c4ccc(-c5ccccn5)nc4)cc(-c4ccc(-c5ccccn5)nc4)c3)nc2)nc1. The Balaban J connectivity index is 1.29. The third-order valence-electron chi connectivity index (χ3n) is 7.00. The fourth-order valence-electron chi connectivity index (χ4n) is 4.82. The summed E-state index contributed by atoms with van der Waals surface area (Å²) in [7, 11) is 0. The second-order valence-corrected chi connectivity index (χ2v) is 9.74. The van der Waals surface area contributed by atoms with E-state index < -0.39 is 0 Å². The van der Waals surface area contributed by atoms with E-state index in [-0.39, 0.29) is 0 Å². The summed E-state index contributed by atoms with van der Waals surface area (Å²) in [6.45, 7) is 0. The van der Waals surface area contributed by atoms with Crippen LogP contribution in [0.15, 0.2) is 146 Å². The molecule has 42 heavy (non-hydrogen) atoms. The molecule has 0 fully saturated rings. The molecule has 198 valence electrons. The number of rotatable bonds is 6. The van der Waals surface area contributed by atoms with Gasteiger partial charge in [0.05, 0.1) is 34.2 Å². The van der Waals surface area contributed by atoms with Gasteiger partial charge in [-0.15, -0.1) is 0 Å². The molecule has 0 aliphatic heterocycles. The van der Waals surface area contributed by atoms with Crippen molar-refractivity contribution in [2.45, 2.75) is 0 Å². The van der Waals surface area contributed by atoms with Gasteiger partial charge < -0.3 is 0 Å². The predicted molar refractivity (Wildman–Crippen MR) is 166 cm³/mol. The van der Waals surface area contributed by atoms with Crippen molar-refractivity contribution in [1.82, 2.24) is 29.9 Å². The molecular weight excluding hydrogens is 516 g/mol. The molecule has 1 aromatic carbocycles. The van der Waals surface area contributed by atoms with Crippen LogP contribution in [0.25, 0.3) is 67.5 Å². The Bertz CT molecular complexity index is 1680. The first-order valence-corrected chi connectivity index (χ1v) is 13.6. The van der Waals surface area contributed by atoms with Gasteiger partial charge in [-0.2, -0.15) is 0 Å². The topological polar surface area (TPSA) is 77.3 Å². The number of aromatic nitrogens is 6. The van der Waals surface area contributed by atoms with Crippen LogP contribution in [0.3, 0.4) is 0 Å². The Labute approximate surface area is 243 Å². The summed E-state index contributed by atoms with van der Waals surface area (Å²) in [6.07, 6.45) is 11.0. The van der Waals surface area contributed by atoms with Crippen LogP contribution in [0.5, 0.6) is 0 Å². The second kappa shape index (κ2) is 11.3. The Morgan fingerprint density at radius 3 is 1.07 bits per heavy atom. The standard InChI is InChI=1S/C36H24N6/c1-4-16-37-31(7-1)27-12-13-32(40-24-27)30-20-28(25-10-14-35(41-22-25)33-8-2-5-17-38-33)19-29(21-30)26-11-15-36(42-23-26)34-9-3-6-18-39-34/h1-24H. The zero-order chi connectivity index (χ0) is 28.1. The Morgan fingerprint density at radius 1 is 0.262 bits per heavy atom. The molecule has 7 rings (SSSR count). The van der Waals surface area contributed by atoms with Gasteiger partial charge in [-0.3, -0.25) is 29.9 Å². The fourth-order valence-corrected chi connectivity index (χ4v) is 4.82. The maximum Gasteiger partial charge on any atom is 0.0886 e. The maximum absolute atomic E-state index is 4.81. The fraction of sp³-hybridized carbons (Fsp3) is 0. The van der Waals surface area contributed by atoms with E-state index in [2.05, 4.69) is 51.4 Å². The van der Waals surface area contributed by atoms with Crippen LogP contribution in [-0.4, -0.2) is 29.9 Å². The third-order valence-corrected chi connectivity index (χ3v) is 7.00. The first kappa shape index (κ1) is 25.1. The molecule has 0 aliphatic carbocycles. The quantitative estimate of drug-likeness (QED) is 0.212. The van der Waals surface area contributed by atoms with Crippen molar-refractivity contribution >= 4 is 0 Å². The van der Waals surface area contributed by atoms with Crippen LogP contribution in [0.1, 0.15) is 0 Å². The molecule has 0 amide bonds. The average molecular weight is 541 g/mol. The van der Waals surface area contributed by atoms with Crippen molar-refractivity contribution < 1.29 is 0 Å². The zero-order valence-electron chi connectivity index (χ0n) is 22.5. The molecule has 0 saturated heterocycles. The molecular formula is C36H24N6. The summed E-state index contributed by atoms with van der Waals surface area (Å²) in [5.74, 6) is 0. The number of hydrogen-bond donors (Lipinski definition) is 0. The average Bonchev–Trinajstić information content (AvgIpc) is 3.09. The number of hydrogen-bond acceptors (Lipinski definition) is 6. The minimum atomic E-state index is 0.830. The van der Waals surface area contributed by atoms with E-state index in [1.807, 2.05) is 91.4 Å². The molecule has 0 saturated carbocycles. The highest BCUT2D eigenvalue weighted by molar-refractivity contribution is 5.81. The highest BCUT2D eigenvalue weighted by atomic mass is 14.8. The van der Waals surface area contributed by atoms with Crippen molar-refractivity contribution in [2.75, 3.05) is 0 Å². The van der Waals surface area contributed by atoms with Gasteiger partial charge in [0.15, 0.2) is 0 Å². The summed E-state index contributed by atoms with van der Waals surface area (Å²) >= 11 is 0. The summed E-state index contributed by atoms with van der Waals surface area (Å²) in [4.78, 5) is 27.6. The molecule has 0 N–H and O–H groups in total. The molecule has 0 aliphatic rings. The van der Waals surface area contributed by atoms with E-state index in [9.17, 15) is 0 Å². The third kappa shape index (κ3) is 5.29. The normalized spacial score (nSPS) is 10.9. The van der Waals surface area contributed by atoms with Crippen molar-refractivity contribution in [1.29, 1.82) is 0 Å². The van der Waals surface area contributed by atoms with Crippen LogP contribution in [-0.2, 0) is 0 Å². The number of nitrogens with zero attached hydrogens (tertiary/aromatic N) is 6. The molecule has 0 radical (unpaired) electrons. The Kier molecular flexibility index (Phi) is 6.76. The van der Waals surface area contributed by atoms with E-state index in [1.165, 1.54) is 0 Å². The number of benzene rings is 1. The van der Waals surface area contributed by atoms with Gasteiger partial charge in [0.2, 0.25) is 0 Å². The monoisotopic (exact) mass is 540 g/mol. The minimum absolute atomic E-state index is 0.830. The van der Waals surface area contributed by atoms with E-state index in [1.54, 1.807) is 18.6 Å². The molecule has 0 spiro atoms. The lowest BCUT2D eigenvalue weighted by molar-refractivity contribution is 1.24. The van der Waals surface area contributed by atoms with Gasteiger partial charge in [0.1, 0.15) is 0 Å². The molecule has 6 aromatic heterocycles. The number of pyridine rings is 6. The summed E-state index contributed by atoms with van der Waals surface area (Å²) in [5.41, 5.74) is 11.1. The Morgan fingerprint density at radius 2 is 0.643 bits per heavy atom. The van der Waals surface area contributed by atoms with E-state index >= 15 is 0 Å². The lowest BCUT2D eigenvalue weighted by Crippen LogP contribution is -1.92. The summed E-state index contributed by atoms with van der Waals surface area (Å²) in [5, 5.41) is 0. The van der Waals surface area contributed by atoms with Crippen molar-refractivity contribution in [3.63, 3.8) is 0 Å². The van der Waals surface area contributed by atoms with E-state index in [0.717, 1.165) is 67.5 Å². The highest BCUT2D eigenvalue weighted by Crippen LogP contribution is 2.33. The van der Waals surface area contributed by atoms with Crippen molar-refractivity contribution in [3.05, 3.63) is 146 Å². The van der Waals surface area contributed by atoms with Gasteiger partial charge >= 0.3 is 0 Å². The van der Waals surface area contributed by atoms with Crippen LogP contribution in [0.4, 0.5) is 0 Å². The van der Waals surface area contributed by atoms with Gasteiger partial charge in [0, 0.05) is 59.4 Å². The van der Waals surface area contributed by atoms with Gasteiger partial charge in [0.25, 0.3) is 0 Å². The molecule has 6 heteroatoms. The first-order valence-electron chi connectivity index (χ1n) is 13.6. The van der Waals surface area contributed by atoms with Gasteiger partial charge in [-0.25, -0.2) is 0 Å². The molecule has 0 atom stereocenters. The van der Waals surface area contributed by atoms with Gasteiger partial charge in [-0.05, 0) is 90.0 Å². The summed E-state index contributed by atoms with van der Waals surface area (Å²) < 4.78 is 0. The molecule has 6 nitrogen and oxygen atoms in total. The molecule has 6 heterocycles. The van der Waals surface area contributed by atoms with Crippen molar-refractivity contribution in [2.24, 2.45) is 0 Å². The first-order chi connectivity index (χ1) is 20.8. The van der Waals surface area contributed by atoms with Gasteiger partial charge in [-0.1, -0.05) is 30.3 Å². The van der Waals surface area contributed by atoms with E-state index in [0.29, 0.717) is 0 Å². The molecule has 7 aromatic rings. The zero-order valence-corrected chi connectivity index (χ0v) is 22.5. The van der Waals surface area contributed by atoms with Crippen LogP contribution in [0, 0.1) is 0 Å².